The van der Waals surface area contributed by atoms with Gasteiger partial charge >= 0.3 is 0 Å². The molecule has 1 heteroatoms. The van der Waals surface area contributed by atoms with Gasteiger partial charge in [0.15, 0.2) is 0 Å². The molecule has 0 aromatic carbocycles. The lowest BCUT2D eigenvalue weighted by atomic mass is 9.69. The van der Waals surface area contributed by atoms with E-state index >= 15 is 0 Å². The highest BCUT2D eigenvalue weighted by molar-refractivity contribution is 6.19. The van der Waals surface area contributed by atoms with Crippen molar-refractivity contribution in [3.63, 3.8) is 0 Å². The summed E-state index contributed by atoms with van der Waals surface area (Å²) in [5.41, 5.74) is 1.92. The Morgan fingerprint density at radius 3 is 2.06 bits per heavy atom. The second kappa shape index (κ2) is 6.27. The smallest absolute Gasteiger partial charge is 0.0436 e. The number of allylic oxidation sites excluding steroid dienone is 2. The van der Waals surface area contributed by atoms with Crippen LogP contribution in [0.5, 0.6) is 0 Å². The summed E-state index contributed by atoms with van der Waals surface area (Å²) < 4.78 is 0. The molecule has 0 bridgehead atoms. The van der Waals surface area contributed by atoms with Crippen molar-refractivity contribution in [2.75, 3.05) is 5.88 Å². The molecular formula is C16H29Cl. The molecule has 1 fully saturated rings. The van der Waals surface area contributed by atoms with E-state index in [4.69, 9.17) is 11.6 Å². The average Bonchev–Trinajstić information content (AvgIpc) is 2.25. The highest BCUT2D eigenvalue weighted by atomic mass is 35.5. The Morgan fingerprint density at radius 1 is 1.18 bits per heavy atom. The van der Waals surface area contributed by atoms with Gasteiger partial charge in [-0.05, 0) is 48.9 Å². The van der Waals surface area contributed by atoms with Crippen molar-refractivity contribution in [2.24, 2.45) is 23.2 Å². The van der Waals surface area contributed by atoms with E-state index in [0.717, 1.165) is 11.8 Å². The van der Waals surface area contributed by atoms with Crippen LogP contribution in [0.4, 0.5) is 0 Å². The predicted molar refractivity (Wildman–Crippen MR) is 78.5 cm³/mol. The van der Waals surface area contributed by atoms with Crippen molar-refractivity contribution in [3.8, 4) is 0 Å². The molecule has 1 rings (SSSR count). The maximum atomic E-state index is 6.01. The van der Waals surface area contributed by atoms with Gasteiger partial charge in [0.1, 0.15) is 0 Å². The lowest BCUT2D eigenvalue weighted by Crippen LogP contribution is -2.25. The molecule has 0 aromatic heterocycles. The molecule has 1 aliphatic rings. The van der Waals surface area contributed by atoms with E-state index in [0.29, 0.717) is 17.2 Å². The first-order chi connectivity index (χ1) is 7.84. The van der Waals surface area contributed by atoms with Gasteiger partial charge in [-0.15, -0.1) is 11.6 Å². The van der Waals surface area contributed by atoms with E-state index in [1.54, 1.807) is 0 Å². The van der Waals surface area contributed by atoms with Gasteiger partial charge in [-0.2, -0.15) is 0 Å². The minimum atomic E-state index is 0.488. The van der Waals surface area contributed by atoms with E-state index in [2.05, 4.69) is 40.7 Å². The number of hydrogen-bond acceptors (Lipinski definition) is 0. The van der Waals surface area contributed by atoms with E-state index < -0.39 is 0 Å². The number of rotatable bonds is 3. The van der Waals surface area contributed by atoms with E-state index in [-0.39, 0.29) is 0 Å². The maximum absolute atomic E-state index is 6.01. The third kappa shape index (κ3) is 4.66. The van der Waals surface area contributed by atoms with Gasteiger partial charge in [-0.3, -0.25) is 0 Å². The molecule has 1 aliphatic carbocycles. The van der Waals surface area contributed by atoms with E-state index in [1.165, 1.54) is 31.3 Å². The Bertz CT molecular complexity index is 249. The Kier molecular flexibility index (Phi) is 5.57. The molecule has 17 heavy (non-hydrogen) atoms. The van der Waals surface area contributed by atoms with Gasteiger partial charge < -0.3 is 0 Å². The van der Waals surface area contributed by atoms with Crippen molar-refractivity contribution in [2.45, 2.75) is 60.3 Å². The van der Waals surface area contributed by atoms with Crippen LogP contribution in [0.3, 0.4) is 0 Å². The van der Waals surface area contributed by atoms with Crippen LogP contribution in [0.15, 0.2) is 11.6 Å². The molecule has 0 aliphatic heterocycles. The average molecular weight is 257 g/mol. The molecular weight excluding hydrogens is 228 g/mol. The van der Waals surface area contributed by atoms with Crippen LogP contribution in [0.1, 0.15) is 60.3 Å². The molecule has 0 spiro atoms. The zero-order valence-corrected chi connectivity index (χ0v) is 13.0. The fraction of sp³-hybridized carbons (Fsp3) is 0.875. The summed E-state index contributed by atoms with van der Waals surface area (Å²) in [7, 11) is 0. The molecule has 1 saturated carbocycles. The molecule has 0 heterocycles. The minimum absolute atomic E-state index is 0.488. The predicted octanol–water partition coefficient (Wildman–Crippen LogP) is 5.66. The van der Waals surface area contributed by atoms with Gasteiger partial charge in [0.2, 0.25) is 0 Å². The normalized spacial score (nSPS) is 27.6. The van der Waals surface area contributed by atoms with Crippen LogP contribution in [0, 0.1) is 23.2 Å². The van der Waals surface area contributed by atoms with E-state index in [1.807, 2.05) is 0 Å². The molecule has 0 N–H and O–H groups in total. The van der Waals surface area contributed by atoms with Gasteiger partial charge in [0.25, 0.3) is 0 Å². The van der Waals surface area contributed by atoms with Crippen LogP contribution < -0.4 is 0 Å². The largest absolute Gasteiger partial charge is 0.122 e. The highest BCUT2D eigenvalue weighted by Gasteiger charge is 2.29. The molecule has 0 saturated heterocycles. The minimum Gasteiger partial charge on any atom is -0.122 e. The van der Waals surface area contributed by atoms with Crippen LogP contribution in [-0.2, 0) is 0 Å². The van der Waals surface area contributed by atoms with Gasteiger partial charge in [0.05, 0.1) is 0 Å². The quantitative estimate of drug-likeness (QED) is 0.451. The standard InChI is InChI=1S/C16H29Cl/c1-12(2)14(11-17)10-13-6-8-15(9-7-13)16(3,4)5/h10,12-13,15H,6-9,11H2,1-5H3. The Balaban J connectivity index is 2.52. The van der Waals surface area contributed by atoms with Gasteiger partial charge in [0, 0.05) is 5.88 Å². The molecule has 100 valence electrons. The Morgan fingerprint density at radius 2 is 1.71 bits per heavy atom. The first-order valence-corrected chi connectivity index (χ1v) is 7.64. The second-order valence-corrected chi connectivity index (χ2v) is 7.27. The van der Waals surface area contributed by atoms with Crippen LogP contribution in [-0.4, -0.2) is 5.88 Å². The summed E-state index contributed by atoms with van der Waals surface area (Å²) >= 11 is 6.01. The van der Waals surface area contributed by atoms with Crippen molar-refractivity contribution in [3.05, 3.63) is 11.6 Å². The monoisotopic (exact) mass is 256 g/mol. The van der Waals surface area contributed by atoms with Crippen LogP contribution in [0.25, 0.3) is 0 Å². The second-order valence-electron chi connectivity index (χ2n) is 7.01. The molecule has 0 amide bonds. The fourth-order valence-corrected chi connectivity index (χ4v) is 3.24. The van der Waals surface area contributed by atoms with Crippen LogP contribution in [0.2, 0.25) is 0 Å². The summed E-state index contributed by atoms with van der Waals surface area (Å²) in [4.78, 5) is 0. The third-order valence-electron chi connectivity index (χ3n) is 4.34. The first-order valence-electron chi connectivity index (χ1n) is 7.11. The molecule has 0 unspecified atom stereocenters. The van der Waals surface area contributed by atoms with Gasteiger partial charge in [-0.1, -0.05) is 46.3 Å². The van der Waals surface area contributed by atoms with Gasteiger partial charge in [-0.25, -0.2) is 0 Å². The van der Waals surface area contributed by atoms with Crippen molar-refractivity contribution >= 4 is 11.6 Å². The van der Waals surface area contributed by atoms with Crippen molar-refractivity contribution < 1.29 is 0 Å². The summed E-state index contributed by atoms with van der Waals surface area (Å²) in [6.07, 6.45) is 7.96. The summed E-state index contributed by atoms with van der Waals surface area (Å²) in [6.45, 7) is 11.6. The summed E-state index contributed by atoms with van der Waals surface area (Å²) in [6, 6.07) is 0. The van der Waals surface area contributed by atoms with Crippen molar-refractivity contribution in [1.29, 1.82) is 0 Å². The van der Waals surface area contributed by atoms with E-state index in [9.17, 15) is 0 Å². The fourth-order valence-electron chi connectivity index (χ4n) is 2.85. The SMILES string of the molecule is CC(C)C(=CC1CCC(C(C)(C)C)CC1)CCl. The topological polar surface area (TPSA) is 0 Å². The Labute approximate surface area is 113 Å². The molecule has 0 nitrogen and oxygen atoms in total. The van der Waals surface area contributed by atoms with Crippen LogP contribution >= 0.6 is 11.6 Å². The lowest BCUT2D eigenvalue weighted by molar-refractivity contribution is 0.162. The molecule has 0 atom stereocenters. The maximum Gasteiger partial charge on any atom is 0.0436 e. The van der Waals surface area contributed by atoms with Crippen molar-refractivity contribution in [1.82, 2.24) is 0 Å². The molecule has 0 aromatic rings. The zero-order valence-electron chi connectivity index (χ0n) is 12.2. The third-order valence-corrected chi connectivity index (χ3v) is 4.65. The Hall–Kier alpha value is 0.0300. The number of alkyl halides is 1. The number of halogens is 1. The summed E-state index contributed by atoms with van der Waals surface area (Å²) in [5, 5.41) is 0. The number of hydrogen-bond donors (Lipinski definition) is 0. The zero-order chi connectivity index (χ0) is 13.1. The summed E-state index contributed by atoms with van der Waals surface area (Å²) in [5.74, 6) is 3.00. The lowest BCUT2D eigenvalue weighted by Gasteiger charge is -2.36. The molecule has 0 radical (unpaired) electrons. The highest BCUT2D eigenvalue weighted by Crippen LogP contribution is 2.40. The first kappa shape index (κ1) is 15.1.